The van der Waals surface area contributed by atoms with Gasteiger partial charge in [-0.25, -0.2) is 10.3 Å². The lowest BCUT2D eigenvalue weighted by Crippen LogP contribution is -2.19. The second kappa shape index (κ2) is 7.45. The van der Waals surface area contributed by atoms with Crippen LogP contribution in [0.25, 0.3) is 0 Å². The third kappa shape index (κ3) is 5.35. The molecule has 8 heteroatoms. The Labute approximate surface area is 118 Å². The maximum absolute atomic E-state index is 11.7. The first-order chi connectivity index (χ1) is 9.35. The predicted octanol–water partition coefficient (Wildman–Crippen LogP) is 2.28. The lowest BCUT2D eigenvalue weighted by Gasteiger charge is -2.21. The van der Waals surface area contributed by atoms with Gasteiger partial charge in [-0.1, -0.05) is 12.8 Å². The largest absolute Gasteiger partial charge is 0.478 e. The van der Waals surface area contributed by atoms with Crippen LogP contribution in [0.15, 0.2) is 11.5 Å². The van der Waals surface area contributed by atoms with Crippen LogP contribution in [0, 0.1) is 0 Å². The van der Waals surface area contributed by atoms with Gasteiger partial charge in [0.15, 0.2) is 0 Å². The molecular formula is C12H21NO6P+. The summed E-state index contributed by atoms with van der Waals surface area (Å²) in [5, 5.41) is 18.0. The summed E-state index contributed by atoms with van der Waals surface area (Å²) < 4.78 is 10.3. The molecule has 0 spiro atoms. The molecule has 0 aromatic rings. The van der Waals surface area contributed by atoms with E-state index in [2.05, 4.69) is 0 Å². The molecule has 0 bridgehead atoms. The topological polar surface area (TPSA) is 105 Å². The highest BCUT2D eigenvalue weighted by atomic mass is 31.2. The molecule has 0 atom stereocenters. The Morgan fingerprint density at radius 2 is 1.85 bits per heavy atom. The average molecular weight is 306 g/mol. The molecule has 0 saturated heterocycles. The number of carbonyl (C=O) groups excluding carboxylic acids is 2. The van der Waals surface area contributed by atoms with Crippen LogP contribution >= 0.6 is 7.72 Å². The van der Waals surface area contributed by atoms with Crippen molar-refractivity contribution in [1.82, 2.24) is 5.48 Å². The van der Waals surface area contributed by atoms with E-state index in [0.29, 0.717) is 19.3 Å². The van der Waals surface area contributed by atoms with Gasteiger partial charge >= 0.3 is 19.6 Å². The summed E-state index contributed by atoms with van der Waals surface area (Å²) in [7, 11) is -2.28. The molecule has 0 aromatic heterocycles. The second-order valence-corrected chi connectivity index (χ2v) is 7.82. The van der Waals surface area contributed by atoms with Crippen molar-refractivity contribution in [2.75, 3.05) is 13.3 Å². The van der Waals surface area contributed by atoms with E-state index < -0.39 is 19.6 Å². The van der Waals surface area contributed by atoms with E-state index in [4.69, 9.17) is 14.3 Å². The SMILES string of the molecule is C[P+]1(C)OC(=O)C(CCCCCCC(=O)NO)=C(O)O1. The molecule has 0 fully saturated rings. The van der Waals surface area contributed by atoms with Crippen molar-refractivity contribution in [2.45, 2.75) is 38.5 Å². The number of aliphatic hydroxyl groups excluding tert-OH is 1. The first-order valence-electron chi connectivity index (χ1n) is 6.48. The number of hydrogen-bond acceptors (Lipinski definition) is 6. The molecule has 1 heterocycles. The van der Waals surface area contributed by atoms with Gasteiger partial charge in [0.1, 0.15) is 18.9 Å². The first-order valence-corrected chi connectivity index (χ1v) is 9.00. The Bertz CT molecular complexity index is 407. The third-order valence-electron chi connectivity index (χ3n) is 2.82. The Morgan fingerprint density at radius 3 is 2.45 bits per heavy atom. The Morgan fingerprint density at radius 1 is 1.20 bits per heavy atom. The Hall–Kier alpha value is -1.33. The molecule has 20 heavy (non-hydrogen) atoms. The van der Waals surface area contributed by atoms with E-state index in [1.54, 1.807) is 18.8 Å². The lowest BCUT2D eigenvalue weighted by atomic mass is 10.1. The summed E-state index contributed by atoms with van der Waals surface area (Å²) in [5.74, 6) is -1.23. The fraction of sp³-hybridized carbons (Fsp3) is 0.667. The van der Waals surface area contributed by atoms with Crippen LogP contribution in [0.1, 0.15) is 38.5 Å². The zero-order valence-electron chi connectivity index (χ0n) is 11.7. The zero-order valence-corrected chi connectivity index (χ0v) is 12.6. The maximum atomic E-state index is 11.7. The maximum Gasteiger partial charge on any atom is 0.389 e. The van der Waals surface area contributed by atoms with Crippen LogP contribution in [0.4, 0.5) is 0 Å². The van der Waals surface area contributed by atoms with E-state index >= 15 is 0 Å². The number of unbranched alkanes of at least 4 members (excludes halogenated alkanes) is 3. The summed E-state index contributed by atoms with van der Waals surface area (Å²) in [6.45, 7) is 3.31. The van der Waals surface area contributed by atoms with Gasteiger partial charge in [0, 0.05) is 6.42 Å². The molecule has 7 nitrogen and oxygen atoms in total. The van der Waals surface area contributed by atoms with E-state index in [9.17, 15) is 14.7 Å². The highest BCUT2D eigenvalue weighted by Gasteiger charge is 2.44. The number of rotatable bonds is 7. The van der Waals surface area contributed by atoms with Crippen LogP contribution in [0.2, 0.25) is 0 Å². The molecule has 1 aliphatic heterocycles. The smallest absolute Gasteiger partial charge is 0.389 e. The molecule has 1 amide bonds. The fourth-order valence-electron chi connectivity index (χ4n) is 1.83. The van der Waals surface area contributed by atoms with Gasteiger partial charge in [-0.2, -0.15) is 0 Å². The van der Waals surface area contributed by atoms with E-state index in [1.807, 2.05) is 0 Å². The minimum atomic E-state index is -2.28. The summed E-state index contributed by atoms with van der Waals surface area (Å²) in [6.07, 6.45) is 3.62. The minimum absolute atomic E-state index is 0.178. The Balaban J connectivity index is 2.28. The quantitative estimate of drug-likeness (QED) is 0.288. The second-order valence-electron chi connectivity index (χ2n) is 4.95. The van der Waals surface area contributed by atoms with Gasteiger partial charge in [-0.3, -0.25) is 19.0 Å². The van der Waals surface area contributed by atoms with Gasteiger partial charge in [0.2, 0.25) is 5.91 Å². The average Bonchev–Trinajstić information content (AvgIpc) is 2.34. The summed E-state index contributed by atoms with van der Waals surface area (Å²) in [6, 6.07) is 0. The van der Waals surface area contributed by atoms with Crippen molar-refractivity contribution in [3.63, 3.8) is 0 Å². The monoisotopic (exact) mass is 306 g/mol. The summed E-state index contributed by atoms with van der Waals surface area (Å²) >= 11 is 0. The standard InChI is InChI=1S/C12H20NO6P/c1-20(2)18-11(15)9(12(16)19-20)7-5-3-4-6-8-10(14)13-17/h3-8H2,1-2H3,(H2-,13,14,15,16,17)/p+1. The number of nitrogens with one attached hydrogen (secondary N) is 1. The van der Waals surface area contributed by atoms with E-state index in [0.717, 1.165) is 12.8 Å². The van der Waals surface area contributed by atoms with Crippen LogP contribution in [0.3, 0.4) is 0 Å². The first kappa shape index (κ1) is 16.7. The molecule has 3 N–H and O–H groups in total. The fourth-order valence-corrected chi connectivity index (χ4v) is 2.90. The summed E-state index contributed by atoms with van der Waals surface area (Å²) in [5.41, 5.74) is 1.75. The highest BCUT2D eigenvalue weighted by molar-refractivity contribution is 7.65. The third-order valence-corrected chi connectivity index (χ3v) is 4.04. The molecule has 1 rings (SSSR count). The molecule has 114 valence electrons. The number of carbonyl (C=O) groups is 2. The van der Waals surface area contributed by atoms with E-state index in [1.165, 1.54) is 0 Å². The zero-order chi connectivity index (χ0) is 15.2. The minimum Gasteiger partial charge on any atom is -0.478 e. The molecular weight excluding hydrogens is 285 g/mol. The van der Waals surface area contributed by atoms with Crippen LogP contribution in [0.5, 0.6) is 0 Å². The molecule has 0 aliphatic carbocycles. The number of amides is 1. The van der Waals surface area contributed by atoms with Gasteiger partial charge < -0.3 is 5.11 Å². The number of hydrogen-bond donors (Lipinski definition) is 3. The summed E-state index contributed by atoms with van der Waals surface area (Å²) in [4.78, 5) is 22.5. The van der Waals surface area contributed by atoms with Crippen LogP contribution in [-0.2, 0) is 18.6 Å². The van der Waals surface area contributed by atoms with Crippen LogP contribution < -0.4 is 5.48 Å². The van der Waals surface area contributed by atoms with Crippen molar-refractivity contribution in [3.05, 3.63) is 11.5 Å². The molecule has 0 radical (unpaired) electrons. The highest BCUT2D eigenvalue weighted by Crippen LogP contribution is 2.58. The van der Waals surface area contributed by atoms with Crippen molar-refractivity contribution >= 4 is 19.6 Å². The molecule has 0 saturated carbocycles. The number of aliphatic hydroxyl groups is 1. The lowest BCUT2D eigenvalue weighted by molar-refractivity contribution is -0.132. The van der Waals surface area contributed by atoms with Crippen LogP contribution in [-0.4, -0.2) is 35.5 Å². The molecule has 1 aliphatic rings. The van der Waals surface area contributed by atoms with Gasteiger partial charge in [0.05, 0.1) is 0 Å². The van der Waals surface area contributed by atoms with Crippen molar-refractivity contribution < 1.29 is 29.0 Å². The van der Waals surface area contributed by atoms with Gasteiger partial charge in [-0.15, -0.1) is 0 Å². The normalized spacial score (nSPS) is 17.4. The molecule has 0 unspecified atom stereocenters. The van der Waals surface area contributed by atoms with Gasteiger partial charge in [0.25, 0.3) is 0 Å². The van der Waals surface area contributed by atoms with Crippen molar-refractivity contribution in [2.24, 2.45) is 0 Å². The Kier molecular flexibility index (Phi) is 6.23. The predicted molar refractivity (Wildman–Crippen MR) is 73.2 cm³/mol. The van der Waals surface area contributed by atoms with E-state index in [-0.39, 0.29) is 17.9 Å². The van der Waals surface area contributed by atoms with Crippen molar-refractivity contribution in [3.8, 4) is 0 Å². The number of hydroxylamine groups is 1. The van der Waals surface area contributed by atoms with Gasteiger partial charge in [-0.05, 0) is 19.3 Å². The van der Waals surface area contributed by atoms with Crippen molar-refractivity contribution in [1.29, 1.82) is 0 Å². The molecule has 0 aromatic carbocycles.